The van der Waals surface area contributed by atoms with Gasteiger partial charge in [-0.25, -0.2) is 9.18 Å². The van der Waals surface area contributed by atoms with Crippen molar-refractivity contribution in [3.05, 3.63) is 0 Å². The van der Waals surface area contributed by atoms with Crippen LogP contribution in [-0.2, 0) is 8.92 Å². The summed E-state index contributed by atoms with van der Waals surface area (Å²) in [6.07, 6.45) is 0.223. The molecule has 106 valence electrons. The zero-order valence-electron chi connectivity index (χ0n) is 10.9. The van der Waals surface area contributed by atoms with E-state index in [4.69, 9.17) is 8.92 Å². The molecule has 0 unspecified atom stereocenters. The Kier molecular flexibility index (Phi) is 5.98. The second kappa shape index (κ2) is 6.60. The van der Waals surface area contributed by atoms with E-state index in [9.17, 15) is 9.18 Å². The van der Waals surface area contributed by atoms with Crippen LogP contribution in [0.3, 0.4) is 0 Å². The van der Waals surface area contributed by atoms with E-state index >= 15 is 0 Å². The smallest absolute Gasteiger partial charge is 0.410 e. The molecule has 0 aromatic heterocycles. The van der Waals surface area contributed by atoms with Gasteiger partial charge in [0, 0.05) is 47.1 Å². The largest absolute Gasteiger partial charge is 0.444 e. The van der Waals surface area contributed by atoms with Gasteiger partial charge in [0.1, 0.15) is 11.3 Å². The van der Waals surface area contributed by atoms with Crippen molar-refractivity contribution >= 4 is 36.5 Å². The second-order valence-electron chi connectivity index (χ2n) is 5.44. The zero-order chi connectivity index (χ0) is 13.8. The average Bonchev–Trinajstić information content (AvgIpc) is 2.25. The maximum atomic E-state index is 14.2. The Balaban J connectivity index is 2.41. The number of nitrogens with zero attached hydrogens (tertiary/aromatic N) is 1. The molecule has 0 atom stereocenters. The summed E-state index contributed by atoms with van der Waals surface area (Å²) in [4.78, 5) is 13.3. The highest BCUT2D eigenvalue weighted by atomic mass is 127. The highest BCUT2D eigenvalue weighted by Crippen LogP contribution is 2.30. The summed E-state index contributed by atoms with van der Waals surface area (Å²) in [6.45, 7) is 6.28. The fraction of sp³-hybridized carbons (Fsp3) is 0.909. The molecule has 0 spiro atoms. The Morgan fingerprint density at radius 1 is 1.44 bits per heavy atom. The third-order valence-electron chi connectivity index (χ3n) is 2.67. The SMILES string of the molecule is CC(C)(C)OC(=O)N1CCC(F)(COSI)CC1. The van der Waals surface area contributed by atoms with E-state index < -0.39 is 11.3 Å². The van der Waals surface area contributed by atoms with Gasteiger partial charge in [0.05, 0.1) is 15.8 Å². The molecule has 1 amide bonds. The van der Waals surface area contributed by atoms with Crippen LogP contribution >= 0.6 is 30.4 Å². The van der Waals surface area contributed by atoms with Crippen LogP contribution in [0.5, 0.6) is 0 Å². The quantitative estimate of drug-likeness (QED) is 0.543. The molecule has 1 heterocycles. The molecular formula is C11H19FINO3S. The zero-order valence-corrected chi connectivity index (χ0v) is 13.8. The van der Waals surface area contributed by atoms with Crippen LogP contribution in [-0.4, -0.2) is 42.0 Å². The van der Waals surface area contributed by atoms with Crippen molar-refractivity contribution in [1.29, 1.82) is 0 Å². The van der Waals surface area contributed by atoms with E-state index in [2.05, 4.69) is 0 Å². The minimum absolute atomic E-state index is 0.0722. The molecule has 0 saturated carbocycles. The molecule has 0 radical (unpaired) electrons. The summed E-state index contributed by atoms with van der Waals surface area (Å²) in [5, 5.41) is 0. The Bertz CT molecular complexity index is 291. The van der Waals surface area contributed by atoms with Crippen LogP contribution in [0.4, 0.5) is 9.18 Å². The molecular weight excluding hydrogens is 372 g/mol. The third-order valence-corrected chi connectivity index (χ3v) is 3.64. The Morgan fingerprint density at radius 3 is 2.44 bits per heavy atom. The number of amides is 1. The first-order valence-corrected chi connectivity index (χ1v) is 9.11. The summed E-state index contributed by atoms with van der Waals surface area (Å²) >= 11 is 1.96. The van der Waals surface area contributed by atoms with Crippen LogP contribution in [0.2, 0.25) is 0 Å². The molecule has 0 bridgehead atoms. The number of piperidine rings is 1. The minimum atomic E-state index is -1.32. The molecule has 1 aliphatic rings. The highest BCUT2D eigenvalue weighted by Gasteiger charge is 2.37. The normalized spacial score (nSPS) is 19.7. The molecule has 0 N–H and O–H groups in total. The molecule has 1 fully saturated rings. The molecule has 18 heavy (non-hydrogen) atoms. The van der Waals surface area contributed by atoms with Gasteiger partial charge in [0.25, 0.3) is 0 Å². The van der Waals surface area contributed by atoms with Crippen molar-refractivity contribution in [3.63, 3.8) is 0 Å². The number of hydrogen-bond acceptors (Lipinski definition) is 4. The first-order chi connectivity index (χ1) is 8.26. The molecule has 1 saturated heterocycles. The van der Waals surface area contributed by atoms with Crippen LogP contribution in [0.15, 0.2) is 0 Å². The summed E-state index contributed by atoms with van der Waals surface area (Å²) < 4.78 is 24.5. The van der Waals surface area contributed by atoms with Crippen molar-refractivity contribution in [2.45, 2.75) is 44.9 Å². The number of hydrogen-bond donors (Lipinski definition) is 0. The van der Waals surface area contributed by atoms with Gasteiger partial charge in [-0.05, 0) is 20.8 Å². The maximum absolute atomic E-state index is 14.2. The fourth-order valence-corrected chi connectivity index (χ4v) is 2.33. The van der Waals surface area contributed by atoms with Crippen molar-refractivity contribution in [1.82, 2.24) is 4.90 Å². The Morgan fingerprint density at radius 2 is 2.00 bits per heavy atom. The third kappa shape index (κ3) is 5.48. The molecule has 0 aromatic rings. The number of halogens is 2. The van der Waals surface area contributed by atoms with Crippen molar-refractivity contribution < 1.29 is 18.1 Å². The molecule has 1 aliphatic heterocycles. The number of ether oxygens (including phenoxy) is 1. The minimum Gasteiger partial charge on any atom is -0.444 e. The standard InChI is InChI=1S/C11H19FINO3S/c1-10(2,3)17-9(15)14-6-4-11(12,5-7-14)8-16-18-13/h4-8H2,1-3H3. The number of alkyl halides is 1. The average molecular weight is 391 g/mol. The van der Waals surface area contributed by atoms with Gasteiger partial charge >= 0.3 is 6.09 Å². The summed E-state index contributed by atoms with van der Waals surface area (Å²) in [5.41, 5.74) is -1.83. The van der Waals surface area contributed by atoms with Crippen LogP contribution in [0.1, 0.15) is 33.6 Å². The van der Waals surface area contributed by atoms with Gasteiger partial charge in [-0.3, -0.25) is 0 Å². The Hall–Kier alpha value is 0.240. The molecule has 0 aromatic carbocycles. The van der Waals surface area contributed by atoms with Crippen molar-refractivity contribution in [2.24, 2.45) is 0 Å². The van der Waals surface area contributed by atoms with Gasteiger partial charge in [-0.1, -0.05) is 0 Å². The summed E-state index contributed by atoms with van der Waals surface area (Å²) in [5.74, 6) is 0. The molecule has 7 heteroatoms. The van der Waals surface area contributed by atoms with Crippen LogP contribution in [0.25, 0.3) is 0 Å². The fourth-order valence-electron chi connectivity index (χ4n) is 1.69. The maximum Gasteiger partial charge on any atom is 0.410 e. The van der Waals surface area contributed by atoms with Crippen molar-refractivity contribution in [3.8, 4) is 0 Å². The monoisotopic (exact) mass is 391 g/mol. The van der Waals surface area contributed by atoms with E-state index in [-0.39, 0.29) is 12.7 Å². The molecule has 0 aliphatic carbocycles. The molecule has 1 rings (SSSR count). The number of rotatable bonds is 3. The summed E-state index contributed by atoms with van der Waals surface area (Å²) in [6, 6.07) is 0. The number of likely N-dealkylation sites (tertiary alicyclic amines) is 1. The lowest BCUT2D eigenvalue weighted by Crippen LogP contribution is -2.47. The van der Waals surface area contributed by atoms with Gasteiger partial charge < -0.3 is 13.8 Å². The lowest BCUT2D eigenvalue weighted by Gasteiger charge is -2.36. The number of carbonyl (C=O) groups is 1. The summed E-state index contributed by atoms with van der Waals surface area (Å²) in [7, 11) is 1.13. The first-order valence-electron chi connectivity index (χ1n) is 5.83. The first kappa shape index (κ1) is 16.3. The topological polar surface area (TPSA) is 38.8 Å². The predicted molar refractivity (Wildman–Crippen MR) is 78.4 cm³/mol. The van der Waals surface area contributed by atoms with E-state index in [1.165, 1.54) is 0 Å². The predicted octanol–water partition coefficient (Wildman–Crippen LogP) is 3.74. The van der Waals surface area contributed by atoms with Gasteiger partial charge in [0.2, 0.25) is 0 Å². The van der Waals surface area contributed by atoms with Crippen molar-refractivity contribution in [2.75, 3.05) is 19.7 Å². The van der Waals surface area contributed by atoms with Gasteiger partial charge in [0.15, 0.2) is 0 Å². The van der Waals surface area contributed by atoms with Gasteiger partial charge in [-0.15, -0.1) is 0 Å². The van der Waals surface area contributed by atoms with Gasteiger partial charge in [-0.2, -0.15) is 0 Å². The van der Waals surface area contributed by atoms with E-state index in [1.54, 1.807) is 4.90 Å². The lowest BCUT2D eigenvalue weighted by molar-refractivity contribution is -0.00658. The number of carbonyl (C=O) groups excluding carboxylic acids is 1. The highest BCUT2D eigenvalue weighted by molar-refractivity contribution is 14.2. The van der Waals surface area contributed by atoms with E-state index in [1.807, 2.05) is 42.0 Å². The van der Waals surface area contributed by atoms with E-state index in [0.29, 0.717) is 25.9 Å². The molecule has 4 nitrogen and oxygen atoms in total. The van der Waals surface area contributed by atoms with Crippen LogP contribution in [0, 0.1) is 0 Å². The van der Waals surface area contributed by atoms with Crippen LogP contribution < -0.4 is 0 Å². The van der Waals surface area contributed by atoms with E-state index in [0.717, 1.165) is 9.21 Å². The Labute approximate surface area is 124 Å². The lowest BCUT2D eigenvalue weighted by atomic mass is 9.95. The second-order valence-corrected chi connectivity index (χ2v) is 6.88.